The number of pyridine rings is 2. The molecular weight excluding hydrogens is 236 g/mol. The molecule has 3 N–H and O–H groups in total. The van der Waals surface area contributed by atoms with Crippen molar-refractivity contribution in [1.29, 1.82) is 0 Å². The number of nitrogens with two attached hydrogens (primary N) is 1. The fourth-order valence-corrected chi connectivity index (χ4v) is 2.17. The molecule has 5 nitrogen and oxygen atoms in total. The first-order valence-corrected chi connectivity index (χ1v) is 5.62. The predicted octanol–water partition coefficient (Wildman–Crippen LogP) is 1.72. The second kappa shape index (κ2) is 5.31. The summed E-state index contributed by atoms with van der Waals surface area (Å²) in [5.74, 6) is 0.0731. The van der Waals surface area contributed by atoms with Gasteiger partial charge in [-0.05, 0) is 18.2 Å². The Morgan fingerprint density at radius 2 is 1.88 bits per heavy atom. The molecule has 2 heterocycles. The van der Waals surface area contributed by atoms with Crippen molar-refractivity contribution in [3.63, 3.8) is 0 Å². The molecule has 0 aromatic carbocycles. The van der Waals surface area contributed by atoms with Crippen LogP contribution in [0.5, 0.6) is 0 Å². The fourth-order valence-electron chi connectivity index (χ4n) is 1.26. The summed E-state index contributed by atoms with van der Waals surface area (Å²) in [6, 6.07) is 5.47. The van der Waals surface area contributed by atoms with Gasteiger partial charge in [0.25, 0.3) is 0 Å². The van der Waals surface area contributed by atoms with Gasteiger partial charge in [-0.1, -0.05) is 16.9 Å². The summed E-state index contributed by atoms with van der Waals surface area (Å²) >= 11 is 1.48. The summed E-state index contributed by atoms with van der Waals surface area (Å²) in [7, 11) is 0. The Bertz CT molecular complexity index is 530. The fraction of sp³-hybridized carbons (Fsp3) is 0. The number of nitrogens with zero attached hydrogens (tertiary/aromatic N) is 3. The summed E-state index contributed by atoms with van der Waals surface area (Å²) in [5.41, 5.74) is 6.25. The van der Waals surface area contributed by atoms with Crippen molar-refractivity contribution in [2.24, 2.45) is 10.9 Å². The molecule has 0 radical (unpaired) electrons. The Balaban J connectivity index is 2.33. The highest BCUT2D eigenvalue weighted by molar-refractivity contribution is 7.99. The van der Waals surface area contributed by atoms with Gasteiger partial charge in [-0.25, -0.2) is 0 Å². The van der Waals surface area contributed by atoms with Crippen molar-refractivity contribution in [2.75, 3.05) is 0 Å². The van der Waals surface area contributed by atoms with Gasteiger partial charge in [0.1, 0.15) is 0 Å². The van der Waals surface area contributed by atoms with Crippen LogP contribution in [-0.4, -0.2) is 21.0 Å². The molecule has 0 saturated carbocycles. The monoisotopic (exact) mass is 246 g/mol. The quantitative estimate of drug-likeness (QED) is 0.373. The predicted molar refractivity (Wildman–Crippen MR) is 65.1 cm³/mol. The van der Waals surface area contributed by atoms with Crippen LogP contribution in [-0.2, 0) is 0 Å². The van der Waals surface area contributed by atoms with Crippen LogP contribution in [0.15, 0.2) is 57.9 Å². The molecule has 0 atom stereocenters. The average molecular weight is 246 g/mol. The lowest BCUT2D eigenvalue weighted by Crippen LogP contribution is -2.14. The average Bonchev–Trinajstić information content (AvgIpc) is 2.40. The molecule has 0 unspecified atom stereocenters. The topological polar surface area (TPSA) is 84.4 Å². The van der Waals surface area contributed by atoms with E-state index in [1.54, 1.807) is 30.9 Å². The minimum absolute atomic E-state index is 0.0731. The molecule has 0 amide bonds. The highest BCUT2D eigenvalue weighted by Crippen LogP contribution is 2.28. The number of hydrogen-bond donors (Lipinski definition) is 2. The molecule has 0 saturated heterocycles. The van der Waals surface area contributed by atoms with Gasteiger partial charge in [-0.3, -0.25) is 9.97 Å². The number of oxime groups is 1. The van der Waals surface area contributed by atoms with Crippen molar-refractivity contribution >= 4 is 17.6 Å². The third kappa shape index (κ3) is 2.73. The second-order valence-corrected chi connectivity index (χ2v) is 4.26. The third-order valence-electron chi connectivity index (χ3n) is 2.05. The first-order chi connectivity index (χ1) is 8.31. The van der Waals surface area contributed by atoms with Crippen LogP contribution < -0.4 is 5.73 Å². The number of aromatic nitrogens is 2. The number of rotatable bonds is 3. The Labute approximate surface area is 102 Å². The van der Waals surface area contributed by atoms with Crippen molar-refractivity contribution in [2.45, 2.75) is 9.79 Å². The zero-order chi connectivity index (χ0) is 12.1. The third-order valence-corrected chi connectivity index (χ3v) is 3.10. The van der Waals surface area contributed by atoms with Crippen molar-refractivity contribution in [3.05, 3.63) is 48.5 Å². The second-order valence-electron chi connectivity index (χ2n) is 3.14. The molecule has 6 heteroatoms. The minimum atomic E-state index is 0.0731. The molecule has 0 aliphatic carbocycles. The Morgan fingerprint density at radius 1 is 1.18 bits per heavy atom. The van der Waals surface area contributed by atoms with Crippen LogP contribution in [0.4, 0.5) is 0 Å². The van der Waals surface area contributed by atoms with Crippen LogP contribution in [0.3, 0.4) is 0 Å². The lowest BCUT2D eigenvalue weighted by molar-refractivity contribution is 0.318. The lowest BCUT2D eigenvalue weighted by atomic mass is 10.2. The first-order valence-electron chi connectivity index (χ1n) is 4.81. The van der Waals surface area contributed by atoms with Gasteiger partial charge in [-0.15, -0.1) is 0 Å². The smallest absolute Gasteiger partial charge is 0.171 e. The van der Waals surface area contributed by atoms with Gasteiger partial charge in [0.2, 0.25) is 0 Å². The number of hydrogen-bond acceptors (Lipinski definition) is 5. The van der Waals surface area contributed by atoms with Gasteiger partial charge in [0, 0.05) is 40.1 Å². The van der Waals surface area contributed by atoms with Crippen LogP contribution in [0.1, 0.15) is 5.56 Å². The Kier molecular flexibility index (Phi) is 3.56. The van der Waals surface area contributed by atoms with Crippen molar-refractivity contribution in [1.82, 2.24) is 9.97 Å². The highest BCUT2D eigenvalue weighted by atomic mass is 32.2. The molecule has 2 aromatic rings. The Morgan fingerprint density at radius 3 is 2.59 bits per heavy atom. The molecule has 2 rings (SSSR count). The zero-order valence-electron chi connectivity index (χ0n) is 8.82. The van der Waals surface area contributed by atoms with Gasteiger partial charge < -0.3 is 10.9 Å². The highest BCUT2D eigenvalue weighted by Gasteiger charge is 2.08. The van der Waals surface area contributed by atoms with Gasteiger partial charge in [-0.2, -0.15) is 0 Å². The molecule has 0 aliphatic rings. The lowest BCUT2D eigenvalue weighted by Gasteiger charge is -2.06. The largest absolute Gasteiger partial charge is 0.409 e. The van der Waals surface area contributed by atoms with Crippen molar-refractivity contribution in [3.8, 4) is 0 Å². The minimum Gasteiger partial charge on any atom is -0.409 e. The van der Waals surface area contributed by atoms with Crippen LogP contribution in [0, 0.1) is 0 Å². The van der Waals surface area contributed by atoms with Crippen molar-refractivity contribution < 1.29 is 5.21 Å². The van der Waals surface area contributed by atoms with E-state index in [1.165, 1.54) is 11.8 Å². The van der Waals surface area contributed by atoms with Crippen LogP contribution >= 0.6 is 11.8 Å². The first kappa shape index (κ1) is 11.4. The van der Waals surface area contributed by atoms with E-state index in [1.807, 2.05) is 12.1 Å². The molecule has 86 valence electrons. The molecule has 2 aromatic heterocycles. The van der Waals surface area contributed by atoms with E-state index in [-0.39, 0.29) is 5.84 Å². The van der Waals surface area contributed by atoms with Crippen LogP contribution in [0.25, 0.3) is 0 Å². The van der Waals surface area contributed by atoms with E-state index in [9.17, 15) is 0 Å². The summed E-state index contributed by atoms with van der Waals surface area (Å²) in [6.45, 7) is 0. The van der Waals surface area contributed by atoms with Crippen LogP contribution in [0.2, 0.25) is 0 Å². The van der Waals surface area contributed by atoms with E-state index < -0.39 is 0 Å². The Hall–Kier alpha value is -2.08. The summed E-state index contributed by atoms with van der Waals surface area (Å²) in [4.78, 5) is 9.81. The summed E-state index contributed by atoms with van der Waals surface area (Å²) in [5, 5.41) is 11.7. The van der Waals surface area contributed by atoms with E-state index >= 15 is 0 Å². The standard InChI is InChI=1S/C11H10N4OS/c12-11(15-16)9-3-6-14-7-10(9)17-8-1-4-13-5-2-8/h1-7,16H,(H2,12,15). The van der Waals surface area contributed by atoms with E-state index in [4.69, 9.17) is 10.9 Å². The summed E-state index contributed by atoms with van der Waals surface area (Å²) < 4.78 is 0. The van der Waals surface area contributed by atoms with E-state index in [2.05, 4.69) is 15.1 Å². The molecule has 0 aliphatic heterocycles. The van der Waals surface area contributed by atoms with Gasteiger partial charge in [0.05, 0.1) is 0 Å². The maximum absolute atomic E-state index is 8.70. The van der Waals surface area contributed by atoms with Gasteiger partial charge >= 0.3 is 0 Å². The maximum Gasteiger partial charge on any atom is 0.171 e. The van der Waals surface area contributed by atoms with E-state index in [0.29, 0.717) is 5.56 Å². The SMILES string of the molecule is NC(=NO)c1ccncc1Sc1ccncc1. The number of amidine groups is 1. The van der Waals surface area contributed by atoms with Gasteiger partial charge in [0.15, 0.2) is 5.84 Å². The molecular formula is C11H10N4OS. The molecule has 0 fully saturated rings. The normalized spacial score (nSPS) is 11.4. The summed E-state index contributed by atoms with van der Waals surface area (Å²) in [6.07, 6.45) is 6.70. The molecule has 0 spiro atoms. The van der Waals surface area contributed by atoms with E-state index in [0.717, 1.165) is 9.79 Å². The zero-order valence-corrected chi connectivity index (χ0v) is 9.63. The molecule has 17 heavy (non-hydrogen) atoms. The molecule has 0 bridgehead atoms. The maximum atomic E-state index is 8.70.